The van der Waals surface area contributed by atoms with Crippen molar-refractivity contribution in [2.45, 2.75) is 13.0 Å². The van der Waals surface area contributed by atoms with Crippen molar-refractivity contribution in [1.82, 2.24) is 4.90 Å². The van der Waals surface area contributed by atoms with Crippen LogP contribution in [0.3, 0.4) is 0 Å². The summed E-state index contributed by atoms with van der Waals surface area (Å²) in [6.07, 6.45) is 0. The van der Waals surface area contributed by atoms with Crippen LogP contribution in [0.15, 0.2) is 24.3 Å². The Labute approximate surface area is 112 Å². The van der Waals surface area contributed by atoms with Crippen molar-refractivity contribution in [2.24, 2.45) is 0 Å². The monoisotopic (exact) mass is 263 g/mol. The first-order valence-electron chi connectivity index (χ1n) is 6.16. The van der Waals surface area contributed by atoms with Gasteiger partial charge >= 0.3 is 5.97 Å². The van der Waals surface area contributed by atoms with Gasteiger partial charge in [-0.3, -0.25) is 4.79 Å². The molecule has 1 heterocycles. The summed E-state index contributed by atoms with van der Waals surface area (Å²) < 4.78 is 9.97. The van der Waals surface area contributed by atoms with Gasteiger partial charge in [0.05, 0.1) is 20.3 Å². The molecule has 0 spiro atoms. The highest BCUT2D eigenvalue weighted by Gasteiger charge is 2.34. The lowest BCUT2D eigenvalue weighted by atomic mass is 10.1. The Hall–Kier alpha value is -1.88. The van der Waals surface area contributed by atoms with Crippen LogP contribution in [-0.2, 0) is 14.3 Å². The summed E-state index contributed by atoms with van der Waals surface area (Å²) in [5.74, 6) is -0.608. The molecule has 19 heavy (non-hydrogen) atoms. The fourth-order valence-electron chi connectivity index (χ4n) is 2.12. The third-order valence-electron chi connectivity index (χ3n) is 3.13. The zero-order valence-corrected chi connectivity index (χ0v) is 11.1. The molecule has 1 fully saturated rings. The van der Waals surface area contributed by atoms with Crippen LogP contribution in [-0.4, -0.2) is 49.7 Å². The molecule has 1 aromatic rings. The molecule has 0 N–H and O–H groups in total. The largest absolute Gasteiger partial charge is 0.467 e. The Morgan fingerprint density at radius 2 is 2.21 bits per heavy atom. The van der Waals surface area contributed by atoms with E-state index >= 15 is 0 Å². The van der Waals surface area contributed by atoms with E-state index in [1.165, 1.54) is 12.0 Å². The molecule has 1 atom stereocenters. The first-order valence-corrected chi connectivity index (χ1v) is 6.16. The van der Waals surface area contributed by atoms with E-state index in [9.17, 15) is 9.59 Å². The van der Waals surface area contributed by atoms with E-state index in [4.69, 9.17) is 9.47 Å². The molecule has 1 saturated heterocycles. The number of hydrogen-bond donors (Lipinski definition) is 0. The Bertz CT molecular complexity index is 486. The van der Waals surface area contributed by atoms with Gasteiger partial charge in [-0.05, 0) is 19.1 Å². The second-order valence-electron chi connectivity index (χ2n) is 4.48. The van der Waals surface area contributed by atoms with Gasteiger partial charge in [-0.1, -0.05) is 17.7 Å². The van der Waals surface area contributed by atoms with Gasteiger partial charge in [0.2, 0.25) is 0 Å². The highest BCUT2D eigenvalue weighted by Crippen LogP contribution is 2.14. The number of esters is 1. The van der Waals surface area contributed by atoms with Crippen molar-refractivity contribution in [3.05, 3.63) is 35.4 Å². The molecule has 0 radical (unpaired) electrons. The number of amides is 1. The summed E-state index contributed by atoms with van der Waals surface area (Å²) in [5.41, 5.74) is 1.59. The topological polar surface area (TPSA) is 55.8 Å². The van der Waals surface area contributed by atoms with Crippen molar-refractivity contribution >= 4 is 11.9 Å². The van der Waals surface area contributed by atoms with E-state index in [0.717, 1.165) is 5.56 Å². The number of methoxy groups -OCH3 is 1. The van der Waals surface area contributed by atoms with E-state index in [1.54, 1.807) is 6.07 Å². The summed E-state index contributed by atoms with van der Waals surface area (Å²) in [5, 5.41) is 0. The lowest BCUT2D eigenvalue weighted by Gasteiger charge is -2.33. The number of nitrogens with zero attached hydrogens (tertiary/aromatic N) is 1. The lowest BCUT2D eigenvalue weighted by molar-refractivity contribution is -0.151. The predicted molar refractivity (Wildman–Crippen MR) is 68.8 cm³/mol. The molecule has 1 unspecified atom stereocenters. The van der Waals surface area contributed by atoms with Gasteiger partial charge in [0.15, 0.2) is 6.04 Å². The number of aryl methyl sites for hydroxylation is 1. The maximum atomic E-state index is 12.4. The van der Waals surface area contributed by atoms with Crippen LogP contribution in [0.5, 0.6) is 0 Å². The van der Waals surface area contributed by atoms with Crippen LogP contribution < -0.4 is 0 Å². The molecular weight excluding hydrogens is 246 g/mol. The van der Waals surface area contributed by atoms with Crippen molar-refractivity contribution in [2.75, 3.05) is 26.9 Å². The Kier molecular flexibility index (Phi) is 4.16. The van der Waals surface area contributed by atoms with Crippen molar-refractivity contribution in [1.29, 1.82) is 0 Å². The molecule has 1 aromatic carbocycles. The SMILES string of the molecule is COC(=O)C1COCCN1C(=O)c1cccc(C)c1. The molecule has 0 aromatic heterocycles. The summed E-state index contributed by atoms with van der Waals surface area (Å²) in [6.45, 7) is 2.94. The van der Waals surface area contributed by atoms with Crippen LogP contribution in [0, 0.1) is 6.92 Å². The Balaban J connectivity index is 2.22. The summed E-state index contributed by atoms with van der Waals surface area (Å²) in [7, 11) is 1.31. The van der Waals surface area contributed by atoms with E-state index in [0.29, 0.717) is 18.7 Å². The van der Waals surface area contributed by atoms with Crippen LogP contribution in [0.4, 0.5) is 0 Å². The van der Waals surface area contributed by atoms with E-state index < -0.39 is 12.0 Å². The van der Waals surface area contributed by atoms with E-state index in [1.807, 2.05) is 25.1 Å². The molecule has 1 amide bonds. The third-order valence-corrected chi connectivity index (χ3v) is 3.13. The number of morpholine rings is 1. The zero-order valence-electron chi connectivity index (χ0n) is 11.1. The van der Waals surface area contributed by atoms with Gasteiger partial charge in [-0.25, -0.2) is 4.79 Å². The van der Waals surface area contributed by atoms with Crippen molar-refractivity contribution in [3.8, 4) is 0 Å². The van der Waals surface area contributed by atoms with Crippen LogP contribution in [0.1, 0.15) is 15.9 Å². The quantitative estimate of drug-likeness (QED) is 0.747. The average Bonchev–Trinajstić information content (AvgIpc) is 2.45. The first kappa shape index (κ1) is 13.5. The van der Waals surface area contributed by atoms with Crippen molar-refractivity contribution in [3.63, 3.8) is 0 Å². The van der Waals surface area contributed by atoms with Crippen LogP contribution >= 0.6 is 0 Å². The molecule has 102 valence electrons. The van der Waals surface area contributed by atoms with E-state index in [-0.39, 0.29) is 12.5 Å². The zero-order chi connectivity index (χ0) is 13.8. The second-order valence-corrected chi connectivity index (χ2v) is 4.48. The molecule has 5 nitrogen and oxygen atoms in total. The highest BCUT2D eigenvalue weighted by atomic mass is 16.5. The van der Waals surface area contributed by atoms with Crippen molar-refractivity contribution < 1.29 is 19.1 Å². The number of rotatable bonds is 2. The van der Waals surface area contributed by atoms with Gasteiger partial charge in [0.25, 0.3) is 5.91 Å². The second kappa shape index (κ2) is 5.84. The molecule has 5 heteroatoms. The molecule has 2 rings (SSSR count). The maximum Gasteiger partial charge on any atom is 0.331 e. The predicted octanol–water partition coefficient (Wildman–Crippen LogP) is 1.01. The molecule has 1 aliphatic rings. The Morgan fingerprint density at radius 3 is 2.89 bits per heavy atom. The summed E-state index contributed by atoms with van der Waals surface area (Å²) in [4.78, 5) is 25.6. The average molecular weight is 263 g/mol. The van der Waals surface area contributed by atoms with Gasteiger partial charge < -0.3 is 14.4 Å². The summed E-state index contributed by atoms with van der Waals surface area (Å²) in [6, 6.07) is 6.65. The third kappa shape index (κ3) is 2.93. The molecule has 0 bridgehead atoms. The maximum absolute atomic E-state index is 12.4. The highest BCUT2D eigenvalue weighted by molar-refractivity contribution is 5.97. The van der Waals surface area contributed by atoms with Gasteiger partial charge in [-0.15, -0.1) is 0 Å². The fraction of sp³-hybridized carbons (Fsp3) is 0.429. The Morgan fingerprint density at radius 1 is 1.42 bits per heavy atom. The minimum absolute atomic E-state index is 0.164. The van der Waals surface area contributed by atoms with Gasteiger partial charge in [0.1, 0.15) is 0 Å². The number of carbonyl (C=O) groups excluding carboxylic acids is 2. The number of hydrogen-bond acceptors (Lipinski definition) is 4. The minimum Gasteiger partial charge on any atom is -0.467 e. The molecular formula is C14H17NO4. The normalized spacial score (nSPS) is 19.1. The standard InChI is InChI=1S/C14H17NO4/c1-10-4-3-5-11(8-10)13(16)15-6-7-19-9-12(15)14(17)18-2/h3-5,8,12H,6-7,9H2,1-2H3. The van der Waals surface area contributed by atoms with Gasteiger partial charge in [0, 0.05) is 12.1 Å². The molecule has 0 saturated carbocycles. The minimum atomic E-state index is -0.660. The van der Waals surface area contributed by atoms with Crippen LogP contribution in [0.2, 0.25) is 0 Å². The smallest absolute Gasteiger partial charge is 0.331 e. The van der Waals surface area contributed by atoms with Gasteiger partial charge in [-0.2, -0.15) is 0 Å². The number of benzene rings is 1. The van der Waals surface area contributed by atoms with E-state index in [2.05, 4.69) is 0 Å². The number of carbonyl (C=O) groups is 2. The first-order chi connectivity index (χ1) is 9.13. The fourth-order valence-corrected chi connectivity index (χ4v) is 2.12. The molecule has 1 aliphatic heterocycles. The lowest BCUT2D eigenvalue weighted by Crippen LogP contribution is -2.53. The van der Waals surface area contributed by atoms with Crippen LogP contribution in [0.25, 0.3) is 0 Å². The number of ether oxygens (including phenoxy) is 2. The summed E-state index contributed by atoms with van der Waals surface area (Å²) >= 11 is 0. The molecule has 0 aliphatic carbocycles.